The van der Waals surface area contributed by atoms with Crippen LogP contribution in [-0.2, 0) is 11.3 Å². The topological polar surface area (TPSA) is 73.7 Å². The lowest BCUT2D eigenvalue weighted by Crippen LogP contribution is -2.42. The lowest BCUT2D eigenvalue weighted by Gasteiger charge is -2.32. The zero-order chi connectivity index (χ0) is 22.7. The number of para-hydroxylation sites is 2. The van der Waals surface area contributed by atoms with E-state index in [9.17, 15) is 9.59 Å². The fraction of sp³-hybridized carbons (Fsp3) is 0.458. The van der Waals surface area contributed by atoms with Crippen molar-refractivity contribution < 1.29 is 14.3 Å². The molecule has 1 aromatic carbocycles. The number of hydrogen-bond acceptors (Lipinski definition) is 6. The summed E-state index contributed by atoms with van der Waals surface area (Å²) < 4.78 is 13.3. The summed E-state index contributed by atoms with van der Waals surface area (Å²) in [7, 11) is 0. The summed E-state index contributed by atoms with van der Waals surface area (Å²) in [5.74, 6) is 1.56. The highest BCUT2D eigenvalue weighted by Gasteiger charge is 2.24. The van der Waals surface area contributed by atoms with E-state index >= 15 is 0 Å². The molecular weight excluding hydrogens is 426 g/mol. The SMILES string of the molecule is CCOc1ccccc1OC1CCN(C(=O)CCn2cnc3sc(C)c(C)c3c2=O)CC1. The highest BCUT2D eigenvalue weighted by molar-refractivity contribution is 7.18. The van der Waals surface area contributed by atoms with E-state index in [1.54, 1.807) is 10.9 Å². The molecule has 0 bridgehead atoms. The van der Waals surface area contributed by atoms with Crippen molar-refractivity contribution in [2.24, 2.45) is 0 Å². The molecule has 2 aromatic heterocycles. The Morgan fingerprint density at radius 3 is 2.62 bits per heavy atom. The van der Waals surface area contributed by atoms with Crippen molar-refractivity contribution in [3.05, 3.63) is 51.4 Å². The van der Waals surface area contributed by atoms with Crippen LogP contribution in [-0.4, -0.2) is 46.2 Å². The number of ether oxygens (including phenoxy) is 2. The van der Waals surface area contributed by atoms with Gasteiger partial charge in [-0.25, -0.2) is 4.98 Å². The van der Waals surface area contributed by atoms with Crippen LogP contribution in [0.5, 0.6) is 11.5 Å². The second-order valence-corrected chi connectivity index (χ2v) is 9.24. The summed E-state index contributed by atoms with van der Waals surface area (Å²) in [5, 5.41) is 0.674. The van der Waals surface area contributed by atoms with Gasteiger partial charge in [0.1, 0.15) is 10.9 Å². The average molecular weight is 456 g/mol. The number of amides is 1. The van der Waals surface area contributed by atoms with Crippen molar-refractivity contribution in [3.8, 4) is 11.5 Å². The highest BCUT2D eigenvalue weighted by atomic mass is 32.1. The van der Waals surface area contributed by atoms with Crippen molar-refractivity contribution in [3.63, 3.8) is 0 Å². The number of nitrogens with zero attached hydrogens (tertiary/aromatic N) is 3. The molecule has 0 spiro atoms. The Labute approximate surface area is 191 Å². The Balaban J connectivity index is 1.32. The van der Waals surface area contributed by atoms with Gasteiger partial charge in [-0.05, 0) is 38.5 Å². The first kappa shape index (κ1) is 22.3. The van der Waals surface area contributed by atoms with E-state index in [-0.39, 0.29) is 24.0 Å². The van der Waals surface area contributed by atoms with Gasteiger partial charge in [-0.3, -0.25) is 14.2 Å². The molecular formula is C24H29N3O4S. The Hall–Kier alpha value is -2.87. The maximum absolute atomic E-state index is 12.8. The summed E-state index contributed by atoms with van der Waals surface area (Å²) >= 11 is 1.53. The average Bonchev–Trinajstić information content (AvgIpc) is 3.09. The van der Waals surface area contributed by atoms with Gasteiger partial charge in [-0.1, -0.05) is 12.1 Å². The number of fused-ring (bicyclic) bond motifs is 1. The van der Waals surface area contributed by atoms with Gasteiger partial charge in [0.2, 0.25) is 5.91 Å². The Bertz CT molecular complexity index is 1160. The maximum Gasteiger partial charge on any atom is 0.262 e. The quantitative estimate of drug-likeness (QED) is 0.540. The van der Waals surface area contributed by atoms with E-state index < -0.39 is 0 Å². The number of rotatable bonds is 7. The number of carbonyl (C=O) groups is 1. The number of aromatic nitrogens is 2. The van der Waals surface area contributed by atoms with Gasteiger partial charge in [0.25, 0.3) is 5.56 Å². The van der Waals surface area contributed by atoms with Crippen molar-refractivity contribution in [2.45, 2.75) is 52.7 Å². The summed E-state index contributed by atoms with van der Waals surface area (Å²) in [4.78, 5) is 33.7. The first-order valence-electron chi connectivity index (χ1n) is 11.1. The molecule has 1 fully saturated rings. The van der Waals surface area contributed by atoms with Gasteiger partial charge < -0.3 is 14.4 Å². The van der Waals surface area contributed by atoms with Crippen LogP contribution in [0.1, 0.15) is 36.6 Å². The minimum Gasteiger partial charge on any atom is -0.490 e. The van der Waals surface area contributed by atoms with Gasteiger partial charge >= 0.3 is 0 Å². The smallest absolute Gasteiger partial charge is 0.262 e. The van der Waals surface area contributed by atoms with Gasteiger partial charge in [0, 0.05) is 43.8 Å². The fourth-order valence-electron chi connectivity index (χ4n) is 4.03. The van der Waals surface area contributed by atoms with E-state index in [4.69, 9.17) is 9.47 Å². The van der Waals surface area contributed by atoms with Crippen LogP contribution in [0.25, 0.3) is 10.2 Å². The lowest BCUT2D eigenvalue weighted by molar-refractivity contribution is -0.133. The maximum atomic E-state index is 12.8. The summed E-state index contributed by atoms with van der Waals surface area (Å²) in [5.41, 5.74) is 0.917. The summed E-state index contributed by atoms with van der Waals surface area (Å²) in [6, 6.07) is 7.69. The number of likely N-dealkylation sites (tertiary alicyclic amines) is 1. The van der Waals surface area contributed by atoms with E-state index in [2.05, 4.69) is 4.98 Å². The molecule has 0 N–H and O–H groups in total. The van der Waals surface area contributed by atoms with Gasteiger partial charge in [0.05, 0.1) is 18.3 Å². The highest BCUT2D eigenvalue weighted by Crippen LogP contribution is 2.29. The number of piperidine rings is 1. The van der Waals surface area contributed by atoms with E-state index in [1.165, 1.54) is 11.3 Å². The van der Waals surface area contributed by atoms with E-state index in [0.29, 0.717) is 31.6 Å². The van der Waals surface area contributed by atoms with Crippen LogP contribution in [0.2, 0.25) is 0 Å². The molecule has 0 saturated carbocycles. The molecule has 3 aromatic rings. The molecule has 1 aliphatic rings. The predicted molar refractivity (Wildman–Crippen MR) is 126 cm³/mol. The van der Waals surface area contributed by atoms with E-state index in [1.807, 2.05) is 49.9 Å². The predicted octanol–water partition coefficient (Wildman–Crippen LogP) is 3.93. The standard InChI is InChI=1S/C24H29N3O4S/c1-4-30-19-7-5-6-8-20(19)31-18-9-12-26(13-10-18)21(28)11-14-27-15-25-23-22(24(27)29)16(2)17(3)32-23/h5-8,15,18H,4,9-14H2,1-3H3. The summed E-state index contributed by atoms with van der Waals surface area (Å²) in [6.07, 6.45) is 3.44. The summed E-state index contributed by atoms with van der Waals surface area (Å²) in [6.45, 7) is 8.12. The minimum atomic E-state index is -0.0651. The zero-order valence-electron chi connectivity index (χ0n) is 18.8. The molecule has 1 amide bonds. The number of carbonyl (C=O) groups excluding carboxylic acids is 1. The van der Waals surface area contributed by atoms with Crippen LogP contribution in [0, 0.1) is 13.8 Å². The third-order valence-corrected chi connectivity index (χ3v) is 7.07. The molecule has 0 atom stereocenters. The van der Waals surface area contributed by atoms with Gasteiger partial charge in [-0.15, -0.1) is 11.3 Å². The Morgan fingerprint density at radius 2 is 1.91 bits per heavy atom. The van der Waals surface area contributed by atoms with Crippen LogP contribution in [0.4, 0.5) is 0 Å². The van der Waals surface area contributed by atoms with E-state index in [0.717, 1.165) is 39.6 Å². The molecule has 0 radical (unpaired) electrons. The van der Waals surface area contributed by atoms with Crippen LogP contribution >= 0.6 is 11.3 Å². The number of hydrogen-bond donors (Lipinski definition) is 0. The Kier molecular flexibility index (Phi) is 6.79. The zero-order valence-corrected chi connectivity index (χ0v) is 19.6. The van der Waals surface area contributed by atoms with Crippen LogP contribution < -0.4 is 15.0 Å². The van der Waals surface area contributed by atoms with Crippen molar-refractivity contribution in [1.29, 1.82) is 0 Å². The van der Waals surface area contributed by atoms with Crippen molar-refractivity contribution in [2.75, 3.05) is 19.7 Å². The molecule has 170 valence electrons. The first-order chi connectivity index (χ1) is 15.5. The van der Waals surface area contributed by atoms with Crippen molar-refractivity contribution in [1.82, 2.24) is 14.5 Å². The number of aryl methyl sites for hydroxylation is 3. The van der Waals surface area contributed by atoms with Crippen molar-refractivity contribution >= 4 is 27.5 Å². The third kappa shape index (κ3) is 4.65. The second-order valence-electron chi connectivity index (χ2n) is 8.03. The van der Waals surface area contributed by atoms with Gasteiger partial charge in [0.15, 0.2) is 11.5 Å². The Morgan fingerprint density at radius 1 is 1.19 bits per heavy atom. The molecule has 0 aliphatic carbocycles. The monoisotopic (exact) mass is 455 g/mol. The number of thiophene rings is 1. The molecule has 1 aliphatic heterocycles. The molecule has 32 heavy (non-hydrogen) atoms. The second kappa shape index (κ2) is 9.73. The molecule has 1 saturated heterocycles. The third-order valence-electron chi connectivity index (χ3n) is 5.96. The molecule has 0 unspecified atom stereocenters. The lowest BCUT2D eigenvalue weighted by atomic mass is 10.1. The molecule has 4 rings (SSSR count). The van der Waals surface area contributed by atoms with Gasteiger partial charge in [-0.2, -0.15) is 0 Å². The largest absolute Gasteiger partial charge is 0.490 e. The molecule has 8 heteroatoms. The normalized spacial score (nSPS) is 14.7. The molecule has 3 heterocycles. The molecule has 7 nitrogen and oxygen atoms in total. The number of benzene rings is 1. The van der Waals surface area contributed by atoms with Crippen LogP contribution in [0.15, 0.2) is 35.4 Å². The minimum absolute atomic E-state index is 0.0553. The fourth-order valence-corrected chi connectivity index (χ4v) is 5.02. The van der Waals surface area contributed by atoms with Crippen LogP contribution in [0.3, 0.4) is 0 Å². The first-order valence-corrected chi connectivity index (χ1v) is 11.9.